The molecule has 130 valence electrons. The summed E-state index contributed by atoms with van der Waals surface area (Å²) in [6.45, 7) is 3.78. The van der Waals surface area contributed by atoms with Crippen molar-refractivity contribution in [3.05, 3.63) is 47.7 Å². The summed E-state index contributed by atoms with van der Waals surface area (Å²) in [6, 6.07) is 7.12. The van der Waals surface area contributed by atoms with E-state index in [-0.39, 0.29) is 5.89 Å². The van der Waals surface area contributed by atoms with Gasteiger partial charge in [0.2, 0.25) is 5.82 Å². The second kappa shape index (κ2) is 6.87. The van der Waals surface area contributed by atoms with Crippen LogP contribution in [0.5, 0.6) is 0 Å². The number of rotatable bonds is 4. The summed E-state index contributed by atoms with van der Waals surface area (Å²) in [5, 5.41) is 3.88. The Bertz CT molecular complexity index is 876. The van der Waals surface area contributed by atoms with Gasteiger partial charge in [-0.15, -0.1) is 11.8 Å². The lowest BCUT2D eigenvalue weighted by atomic mass is 10.1. The van der Waals surface area contributed by atoms with Crippen LogP contribution >= 0.6 is 11.8 Å². The van der Waals surface area contributed by atoms with Crippen molar-refractivity contribution in [2.45, 2.75) is 24.9 Å². The molecule has 0 atom stereocenters. The monoisotopic (exact) mass is 365 g/mol. The van der Waals surface area contributed by atoms with Gasteiger partial charge < -0.3 is 4.52 Å². The van der Waals surface area contributed by atoms with Crippen LogP contribution < -0.4 is 0 Å². The zero-order chi connectivity index (χ0) is 18.0. The highest BCUT2D eigenvalue weighted by Crippen LogP contribution is 2.37. The van der Waals surface area contributed by atoms with Crippen molar-refractivity contribution in [2.24, 2.45) is 0 Å². The molecule has 2 aromatic heterocycles. The zero-order valence-corrected chi connectivity index (χ0v) is 14.3. The first-order valence-electron chi connectivity index (χ1n) is 7.49. The molecule has 0 radical (unpaired) electrons. The fourth-order valence-corrected chi connectivity index (χ4v) is 3.02. The Morgan fingerprint density at radius 2 is 1.96 bits per heavy atom. The van der Waals surface area contributed by atoms with Gasteiger partial charge in [0.05, 0.1) is 11.1 Å². The minimum Gasteiger partial charge on any atom is -0.334 e. The van der Waals surface area contributed by atoms with Crippen LogP contribution in [0, 0.1) is 6.92 Å². The first kappa shape index (κ1) is 17.5. The van der Waals surface area contributed by atoms with Gasteiger partial charge >= 0.3 is 6.18 Å². The molecule has 0 aliphatic heterocycles. The summed E-state index contributed by atoms with van der Waals surface area (Å²) in [6.07, 6.45) is -2.71. The van der Waals surface area contributed by atoms with E-state index in [0.717, 1.165) is 17.7 Å². The van der Waals surface area contributed by atoms with Gasteiger partial charge in [-0.25, -0.2) is 0 Å². The zero-order valence-electron chi connectivity index (χ0n) is 13.5. The summed E-state index contributed by atoms with van der Waals surface area (Å²) >= 11 is 1.29. The van der Waals surface area contributed by atoms with Crippen molar-refractivity contribution in [3.63, 3.8) is 0 Å². The van der Waals surface area contributed by atoms with E-state index < -0.39 is 11.7 Å². The average Bonchev–Trinajstić information content (AvgIpc) is 3.05. The molecule has 25 heavy (non-hydrogen) atoms. The number of thioether (sulfide) groups is 1. The van der Waals surface area contributed by atoms with Crippen LogP contribution in [0.4, 0.5) is 13.2 Å². The SMILES string of the molecule is CCSc1cc(C(F)(F)F)ccc1-c1nc(-c2ccc(C)cn2)no1. The Kier molecular flexibility index (Phi) is 4.80. The van der Waals surface area contributed by atoms with Gasteiger partial charge in [-0.1, -0.05) is 18.1 Å². The van der Waals surface area contributed by atoms with Gasteiger partial charge in [0.25, 0.3) is 5.89 Å². The molecule has 0 spiro atoms. The van der Waals surface area contributed by atoms with Crippen molar-refractivity contribution < 1.29 is 17.7 Å². The number of halogens is 3. The van der Waals surface area contributed by atoms with E-state index in [1.54, 1.807) is 12.3 Å². The van der Waals surface area contributed by atoms with Crippen LogP contribution in [0.3, 0.4) is 0 Å². The molecule has 8 heteroatoms. The third-order valence-corrected chi connectivity index (χ3v) is 4.34. The summed E-state index contributed by atoms with van der Waals surface area (Å²) < 4.78 is 44.0. The van der Waals surface area contributed by atoms with E-state index in [4.69, 9.17) is 4.52 Å². The fourth-order valence-electron chi connectivity index (χ4n) is 2.19. The molecule has 0 saturated carbocycles. The molecule has 1 aromatic carbocycles. The number of hydrogen-bond acceptors (Lipinski definition) is 5. The number of benzene rings is 1. The van der Waals surface area contributed by atoms with Crippen LogP contribution in [-0.4, -0.2) is 20.9 Å². The Morgan fingerprint density at radius 1 is 1.16 bits per heavy atom. The van der Waals surface area contributed by atoms with Gasteiger partial charge in [0.15, 0.2) is 0 Å². The maximum absolute atomic E-state index is 12.9. The topological polar surface area (TPSA) is 51.8 Å². The van der Waals surface area contributed by atoms with Crippen molar-refractivity contribution >= 4 is 11.8 Å². The summed E-state index contributed by atoms with van der Waals surface area (Å²) in [7, 11) is 0. The van der Waals surface area contributed by atoms with Crippen LogP contribution in [0.25, 0.3) is 23.0 Å². The highest BCUT2D eigenvalue weighted by molar-refractivity contribution is 7.99. The Labute approximate surface area is 146 Å². The summed E-state index contributed by atoms with van der Waals surface area (Å²) in [5.74, 6) is 1.08. The number of alkyl halides is 3. The molecular formula is C17H14F3N3OS. The van der Waals surface area contributed by atoms with E-state index in [1.807, 2.05) is 19.9 Å². The molecule has 4 nitrogen and oxygen atoms in total. The lowest BCUT2D eigenvalue weighted by molar-refractivity contribution is -0.137. The average molecular weight is 365 g/mol. The van der Waals surface area contributed by atoms with Gasteiger partial charge in [-0.2, -0.15) is 18.2 Å². The Morgan fingerprint density at radius 3 is 2.60 bits per heavy atom. The molecule has 3 aromatic rings. The molecule has 2 heterocycles. The first-order chi connectivity index (χ1) is 11.9. The van der Waals surface area contributed by atoms with Crippen molar-refractivity contribution in [3.8, 4) is 23.0 Å². The standard InChI is InChI=1S/C17H14F3N3OS/c1-3-25-14-8-11(17(18,19)20)5-6-12(14)16-22-15(23-24-16)13-7-4-10(2)9-21-13/h4-9H,3H2,1-2H3. The molecule has 0 amide bonds. The van der Waals surface area contributed by atoms with Gasteiger partial charge in [0, 0.05) is 11.1 Å². The molecule has 0 bridgehead atoms. The highest BCUT2D eigenvalue weighted by atomic mass is 32.2. The third kappa shape index (κ3) is 3.84. The summed E-state index contributed by atoms with van der Waals surface area (Å²) in [5.41, 5.74) is 1.31. The molecule has 0 unspecified atom stereocenters. The molecule has 0 saturated heterocycles. The smallest absolute Gasteiger partial charge is 0.334 e. The van der Waals surface area contributed by atoms with Crippen LogP contribution in [0.1, 0.15) is 18.1 Å². The maximum atomic E-state index is 12.9. The van der Waals surface area contributed by atoms with E-state index in [0.29, 0.717) is 27.7 Å². The largest absolute Gasteiger partial charge is 0.416 e. The highest BCUT2D eigenvalue weighted by Gasteiger charge is 2.31. The van der Waals surface area contributed by atoms with Crippen LogP contribution in [0.2, 0.25) is 0 Å². The van der Waals surface area contributed by atoms with E-state index in [2.05, 4.69) is 15.1 Å². The number of nitrogens with zero attached hydrogens (tertiary/aromatic N) is 3. The quantitative estimate of drug-likeness (QED) is 0.592. The number of hydrogen-bond donors (Lipinski definition) is 0. The molecular weight excluding hydrogens is 351 g/mol. The summed E-state index contributed by atoms with van der Waals surface area (Å²) in [4.78, 5) is 8.95. The Balaban J connectivity index is 2.00. The van der Waals surface area contributed by atoms with Crippen molar-refractivity contribution in [1.82, 2.24) is 15.1 Å². The first-order valence-corrected chi connectivity index (χ1v) is 8.48. The number of aryl methyl sites for hydroxylation is 1. The lowest BCUT2D eigenvalue weighted by Gasteiger charge is -2.10. The third-order valence-electron chi connectivity index (χ3n) is 3.41. The number of pyridine rings is 1. The second-order valence-electron chi connectivity index (χ2n) is 5.29. The predicted octanol–water partition coefficient (Wildman–Crippen LogP) is 5.24. The van der Waals surface area contributed by atoms with Crippen molar-refractivity contribution in [2.75, 3.05) is 5.75 Å². The minimum atomic E-state index is -4.40. The normalized spacial score (nSPS) is 11.7. The predicted molar refractivity (Wildman–Crippen MR) is 89.1 cm³/mol. The molecule has 0 aliphatic carbocycles. The second-order valence-corrected chi connectivity index (χ2v) is 6.59. The van der Waals surface area contributed by atoms with Crippen LogP contribution in [0.15, 0.2) is 45.9 Å². The fraction of sp³-hybridized carbons (Fsp3) is 0.235. The van der Waals surface area contributed by atoms with Gasteiger partial charge in [0.1, 0.15) is 5.69 Å². The maximum Gasteiger partial charge on any atom is 0.416 e. The van der Waals surface area contributed by atoms with Gasteiger partial charge in [-0.05, 0) is 42.5 Å². The molecule has 0 aliphatic rings. The Hall–Kier alpha value is -2.35. The van der Waals surface area contributed by atoms with E-state index >= 15 is 0 Å². The number of aromatic nitrogens is 3. The van der Waals surface area contributed by atoms with E-state index in [9.17, 15) is 13.2 Å². The lowest BCUT2D eigenvalue weighted by Crippen LogP contribution is -2.05. The van der Waals surface area contributed by atoms with Crippen molar-refractivity contribution in [1.29, 1.82) is 0 Å². The molecule has 0 N–H and O–H groups in total. The van der Waals surface area contributed by atoms with Gasteiger partial charge in [-0.3, -0.25) is 4.98 Å². The molecule has 0 fully saturated rings. The van der Waals surface area contributed by atoms with Crippen LogP contribution in [-0.2, 0) is 6.18 Å². The minimum absolute atomic E-state index is 0.169. The molecule has 3 rings (SSSR count). The van der Waals surface area contributed by atoms with E-state index in [1.165, 1.54) is 17.8 Å².